The Kier molecular flexibility index (Phi) is 5.06. The van der Waals surface area contributed by atoms with Gasteiger partial charge < -0.3 is 4.90 Å². The number of nitrogens with zero attached hydrogens (tertiary/aromatic N) is 4. The predicted octanol–water partition coefficient (Wildman–Crippen LogP) is 3.30. The molecule has 3 aromatic rings. The number of para-hydroxylation sites is 1. The van der Waals surface area contributed by atoms with Gasteiger partial charge in [0.2, 0.25) is 0 Å². The first-order valence-electron chi connectivity index (χ1n) is 8.88. The summed E-state index contributed by atoms with van der Waals surface area (Å²) < 4.78 is 0. The molecule has 0 bridgehead atoms. The molecule has 1 aliphatic heterocycles. The van der Waals surface area contributed by atoms with E-state index in [2.05, 4.69) is 62.7 Å². The summed E-state index contributed by atoms with van der Waals surface area (Å²) in [5.41, 5.74) is 5.54. The fourth-order valence-electron chi connectivity index (χ4n) is 3.74. The van der Waals surface area contributed by atoms with Crippen molar-refractivity contribution < 1.29 is 0 Å². The third-order valence-corrected chi connectivity index (χ3v) is 5.56. The zero-order valence-corrected chi connectivity index (χ0v) is 15.5. The third kappa shape index (κ3) is 4.24. The lowest BCUT2D eigenvalue weighted by atomic mass is 9.98. The van der Waals surface area contributed by atoms with Crippen LogP contribution in [0.4, 0.5) is 0 Å². The monoisotopic (exact) mass is 352 g/mol. The van der Waals surface area contributed by atoms with Gasteiger partial charge in [-0.05, 0) is 37.1 Å². The summed E-state index contributed by atoms with van der Waals surface area (Å²) in [6, 6.07) is 10.7. The molecule has 0 aliphatic carbocycles. The minimum Gasteiger partial charge on any atom is -0.305 e. The molecule has 0 saturated carbocycles. The number of fused-ring (bicyclic) bond motifs is 1. The zero-order chi connectivity index (χ0) is 17.1. The van der Waals surface area contributed by atoms with Crippen molar-refractivity contribution in [1.82, 2.24) is 19.8 Å². The minimum atomic E-state index is 0.620. The van der Waals surface area contributed by atoms with Crippen LogP contribution in [-0.4, -0.2) is 53.0 Å². The van der Waals surface area contributed by atoms with E-state index in [9.17, 15) is 0 Å². The number of rotatable bonds is 4. The maximum Gasteiger partial charge on any atom is 0.0795 e. The Balaban J connectivity index is 1.48. The Bertz CT molecular complexity index is 817. The highest BCUT2D eigenvalue weighted by atomic mass is 32.1. The van der Waals surface area contributed by atoms with Gasteiger partial charge in [-0.15, -0.1) is 11.3 Å². The van der Waals surface area contributed by atoms with E-state index < -0.39 is 0 Å². The number of pyridine rings is 1. The molecule has 1 fully saturated rings. The summed E-state index contributed by atoms with van der Waals surface area (Å²) in [6.45, 7) is 5.45. The van der Waals surface area contributed by atoms with Crippen molar-refractivity contribution in [1.29, 1.82) is 0 Å². The Morgan fingerprint density at radius 2 is 2.08 bits per heavy atom. The number of hydrogen-bond donors (Lipinski definition) is 0. The SMILES string of the molecule is CN1CCN(Cc2cscn2)CC(Cc2cnc3ccccc3c2)C1. The molecule has 4 rings (SSSR count). The van der Waals surface area contributed by atoms with E-state index in [1.54, 1.807) is 11.3 Å². The predicted molar refractivity (Wildman–Crippen MR) is 104 cm³/mol. The number of aromatic nitrogens is 2. The van der Waals surface area contributed by atoms with E-state index in [1.807, 2.05) is 11.6 Å². The lowest BCUT2D eigenvalue weighted by Crippen LogP contribution is -2.30. The molecule has 0 amide bonds. The van der Waals surface area contributed by atoms with E-state index in [4.69, 9.17) is 0 Å². The van der Waals surface area contributed by atoms with Crippen LogP contribution in [0.1, 0.15) is 11.3 Å². The average Bonchev–Trinajstić information content (AvgIpc) is 3.06. The van der Waals surface area contributed by atoms with Crippen molar-refractivity contribution in [2.75, 3.05) is 33.2 Å². The van der Waals surface area contributed by atoms with Gasteiger partial charge in [-0.25, -0.2) is 4.98 Å². The Morgan fingerprint density at radius 3 is 2.96 bits per heavy atom. The van der Waals surface area contributed by atoms with Gasteiger partial charge in [0, 0.05) is 49.7 Å². The van der Waals surface area contributed by atoms with E-state index in [0.29, 0.717) is 5.92 Å². The topological polar surface area (TPSA) is 32.3 Å². The molecule has 25 heavy (non-hydrogen) atoms. The van der Waals surface area contributed by atoms with Crippen molar-refractivity contribution in [3.63, 3.8) is 0 Å². The molecule has 1 aromatic carbocycles. The van der Waals surface area contributed by atoms with Crippen molar-refractivity contribution in [3.8, 4) is 0 Å². The maximum absolute atomic E-state index is 4.63. The van der Waals surface area contributed by atoms with Gasteiger partial charge in [-0.1, -0.05) is 18.2 Å². The van der Waals surface area contributed by atoms with Gasteiger partial charge in [-0.2, -0.15) is 0 Å². The van der Waals surface area contributed by atoms with Gasteiger partial charge in [0.05, 0.1) is 16.7 Å². The standard InChI is InChI=1S/C20H24N4S/c1-23-6-7-24(13-19-14-25-15-22-19)12-17(11-23)8-16-9-18-4-2-3-5-20(18)21-10-16/h2-5,9-10,14-15,17H,6-8,11-13H2,1H3. The second-order valence-corrected chi connectivity index (χ2v) is 7.80. The summed E-state index contributed by atoms with van der Waals surface area (Å²) in [4.78, 5) is 14.1. The molecular weight excluding hydrogens is 328 g/mol. The molecule has 1 saturated heterocycles. The lowest BCUT2D eigenvalue weighted by Gasteiger charge is -2.23. The molecule has 0 radical (unpaired) electrons. The van der Waals surface area contributed by atoms with Gasteiger partial charge in [0.1, 0.15) is 0 Å². The molecule has 1 aliphatic rings. The van der Waals surface area contributed by atoms with Crippen LogP contribution in [0.2, 0.25) is 0 Å². The molecule has 5 heteroatoms. The summed E-state index contributed by atoms with van der Waals surface area (Å²) in [6.07, 6.45) is 3.13. The van der Waals surface area contributed by atoms with Gasteiger partial charge in [0.15, 0.2) is 0 Å². The highest BCUT2D eigenvalue weighted by molar-refractivity contribution is 7.07. The quantitative estimate of drug-likeness (QED) is 0.721. The minimum absolute atomic E-state index is 0.620. The van der Waals surface area contributed by atoms with Crippen LogP contribution in [0.25, 0.3) is 10.9 Å². The molecule has 1 atom stereocenters. The third-order valence-electron chi connectivity index (χ3n) is 4.92. The van der Waals surface area contributed by atoms with E-state index in [-0.39, 0.29) is 0 Å². The van der Waals surface area contributed by atoms with Crippen molar-refractivity contribution in [2.45, 2.75) is 13.0 Å². The molecule has 0 N–H and O–H groups in total. The second-order valence-electron chi connectivity index (χ2n) is 7.08. The van der Waals surface area contributed by atoms with E-state index >= 15 is 0 Å². The molecule has 2 aromatic heterocycles. The lowest BCUT2D eigenvalue weighted by molar-refractivity contribution is 0.246. The number of benzene rings is 1. The van der Waals surface area contributed by atoms with E-state index in [0.717, 1.165) is 44.7 Å². The van der Waals surface area contributed by atoms with Crippen LogP contribution in [0.15, 0.2) is 47.4 Å². The van der Waals surface area contributed by atoms with Gasteiger partial charge >= 0.3 is 0 Å². The fraction of sp³-hybridized carbons (Fsp3) is 0.400. The summed E-state index contributed by atoms with van der Waals surface area (Å²) in [5, 5.41) is 3.40. The van der Waals surface area contributed by atoms with Crippen LogP contribution in [0, 0.1) is 5.92 Å². The van der Waals surface area contributed by atoms with Crippen LogP contribution in [0.5, 0.6) is 0 Å². The Labute approximate surface area is 153 Å². The first-order valence-corrected chi connectivity index (χ1v) is 9.82. The Morgan fingerprint density at radius 1 is 1.16 bits per heavy atom. The smallest absolute Gasteiger partial charge is 0.0795 e. The first kappa shape index (κ1) is 16.6. The fourth-order valence-corrected chi connectivity index (χ4v) is 4.29. The van der Waals surface area contributed by atoms with Crippen LogP contribution < -0.4 is 0 Å². The summed E-state index contributed by atoms with van der Waals surface area (Å²) in [5.74, 6) is 0.620. The first-order chi connectivity index (χ1) is 12.3. The summed E-state index contributed by atoms with van der Waals surface area (Å²) in [7, 11) is 2.23. The van der Waals surface area contributed by atoms with Crippen LogP contribution in [-0.2, 0) is 13.0 Å². The van der Waals surface area contributed by atoms with E-state index in [1.165, 1.54) is 16.6 Å². The average molecular weight is 353 g/mol. The highest BCUT2D eigenvalue weighted by Gasteiger charge is 2.22. The second kappa shape index (κ2) is 7.60. The van der Waals surface area contributed by atoms with Crippen molar-refractivity contribution in [3.05, 3.63) is 58.7 Å². The molecule has 130 valence electrons. The number of likely N-dealkylation sites (N-methyl/N-ethyl adjacent to an activating group) is 1. The molecule has 1 unspecified atom stereocenters. The maximum atomic E-state index is 4.63. The highest BCUT2D eigenvalue weighted by Crippen LogP contribution is 2.19. The van der Waals surface area contributed by atoms with Crippen molar-refractivity contribution in [2.24, 2.45) is 5.92 Å². The number of hydrogen-bond acceptors (Lipinski definition) is 5. The molecule has 4 nitrogen and oxygen atoms in total. The largest absolute Gasteiger partial charge is 0.305 e. The molecular formula is C20H24N4S. The zero-order valence-electron chi connectivity index (χ0n) is 14.6. The normalized spacial score (nSPS) is 20.0. The Hall–Kier alpha value is -1.82. The molecule has 3 heterocycles. The summed E-state index contributed by atoms with van der Waals surface area (Å²) >= 11 is 1.68. The molecule has 0 spiro atoms. The van der Waals surface area contributed by atoms with Crippen molar-refractivity contribution >= 4 is 22.2 Å². The number of thiazole rings is 1. The van der Waals surface area contributed by atoms with Gasteiger partial charge in [-0.3, -0.25) is 9.88 Å². The van der Waals surface area contributed by atoms with Gasteiger partial charge in [0.25, 0.3) is 0 Å². The van der Waals surface area contributed by atoms with Crippen LogP contribution >= 0.6 is 11.3 Å². The van der Waals surface area contributed by atoms with Crippen LogP contribution in [0.3, 0.4) is 0 Å².